The van der Waals surface area contributed by atoms with Gasteiger partial charge in [-0.05, 0) is 24.8 Å². The zero-order valence-electron chi connectivity index (χ0n) is 11.4. The minimum Gasteiger partial charge on any atom is -0.395 e. The molecule has 1 rings (SSSR count). The van der Waals surface area contributed by atoms with Crippen LogP contribution in [0, 0.1) is 0 Å². The van der Waals surface area contributed by atoms with Crippen LogP contribution < -0.4 is 10.6 Å². The van der Waals surface area contributed by atoms with Crippen molar-refractivity contribution in [3.8, 4) is 0 Å². The molecule has 0 saturated heterocycles. The highest BCUT2D eigenvalue weighted by molar-refractivity contribution is 7.98. The van der Waals surface area contributed by atoms with E-state index in [0.29, 0.717) is 13.1 Å². The average molecular weight is 268 g/mol. The highest BCUT2D eigenvalue weighted by Gasteiger charge is 2.12. The Morgan fingerprint density at radius 3 is 2.67 bits per heavy atom. The van der Waals surface area contributed by atoms with Crippen LogP contribution in [0.5, 0.6) is 0 Å². The number of nitrogens with two attached hydrogens (primary N) is 1. The smallest absolute Gasteiger partial charge is 0.0606 e. The van der Waals surface area contributed by atoms with Gasteiger partial charge in [-0.3, -0.25) is 0 Å². The molecule has 0 aliphatic carbocycles. The molecule has 0 amide bonds. The largest absolute Gasteiger partial charge is 0.395 e. The van der Waals surface area contributed by atoms with Gasteiger partial charge in [-0.2, -0.15) is 0 Å². The van der Waals surface area contributed by atoms with E-state index in [0.717, 1.165) is 19.4 Å². The number of benzene rings is 1. The summed E-state index contributed by atoms with van der Waals surface area (Å²) in [5, 5.41) is 9.21. The molecule has 0 heterocycles. The lowest BCUT2D eigenvalue weighted by atomic mass is 10.1. The van der Waals surface area contributed by atoms with Crippen molar-refractivity contribution >= 4 is 17.4 Å². The Hall–Kier alpha value is -0.710. The maximum Gasteiger partial charge on any atom is 0.0606 e. The van der Waals surface area contributed by atoms with Crippen molar-refractivity contribution in [2.45, 2.75) is 31.2 Å². The average Bonchev–Trinajstić information content (AvgIpc) is 2.42. The lowest BCUT2D eigenvalue weighted by Crippen LogP contribution is -2.29. The molecule has 1 aromatic rings. The number of hydrogen-bond acceptors (Lipinski definition) is 4. The van der Waals surface area contributed by atoms with Crippen LogP contribution in [0.15, 0.2) is 23.1 Å². The maximum absolute atomic E-state index is 9.21. The number of hydrogen-bond donors (Lipinski definition) is 2. The molecular weight excluding hydrogens is 244 g/mol. The van der Waals surface area contributed by atoms with E-state index in [1.807, 2.05) is 0 Å². The first kappa shape index (κ1) is 15.3. The molecular formula is C14H24N2OS. The number of anilines is 1. The van der Waals surface area contributed by atoms with Gasteiger partial charge in [0.25, 0.3) is 0 Å². The Morgan fingerprint density at radius 2 is 2.11 bits per heavy atom. The lowest BCUT2D eigenvalue weighted by molar-refractivity contribution is 0.301. The maximum atomic E-state index is 9.21. The van der Waals surface area contributed by atoms with Gasteiger partial charge in [-0.25, -0.2) is 0 Å². The normalized spacial score (nSPS) is 10.7. The van der Waals surface area contributed by atoms with Crippen LogP contribution in [0.25, 0.3) is 0 Å². The minimum absolute atomic E-state index is 0.178. The van der Waals surface area contributed by atoms with Crippen molar-refractivity contribution in [3.63, 3.8) is 0 Å². The summed E-state index contributed by atoms with van der Waals surface area (Å²) in [4.78, 5) is 3.47. The first-order valence-electron chi connectivity index (χ1n) is 6.50. The van der Waals surface area contributed by atoms with Crippen LogP contribution in [-0.4, -0.2) is 31.1 Å². The Balaban J connectivity index is 3.01. The van der Waals surface area contributed by atoms with Crippen LogP contribution in [0.4, 0.5) is 5.69 Å². The third-order valence-corrected chi connectivity index (χ3v) is 3.85. The molecule has 0 unspecified atom stereocenters. The van der Waals surface area contributed by atoms with Crippen LogP contribution in [0.3, 0.4) is 0 Å². The Labute approximate surface area is 114 Å². The van der Waals surface area contributed by atoms with E-state index >= 15 is 0 Å². The number of rotatable bonds is 8. The molecule has 0 aliphatic heterocycles. The third-order valence-electron chi connectivity index (χ3n) is 3.02. The predicted octanol–water partition coefficient (Wildman–Crippen LogP) is 2.47. The summed E-state index contributed by atoms with van der Waals surface area (Å²) in [5.74, 6) is 0. The lowest BCUT2D eigenvalue weighted by Gasteiger charge is -2.27. The highest BCUT2D eigenvalue weighted by Crippen LogP contribution is 2.29. The summed E-state index contributed by atoms with van der Waals surface area (Å²) in [6.45, 7) is 4.55. The van der Waals surface area contributed by atoms with Crippen molar-refractivity contribution in [1.29, 1.82) is 0 Å². The summed E-state index contributed by atoms with van der Waals surface area (Å²) in [6.07, 6.45) is 4.36. The van der Waals surface area contributed by atoms with Crippen LogP contribution in [0.1, 0.15) is 25.3 Å². The zero-order chi connectivity index (χ0) is 13.4. The summed E-state index contributed by atoms with van der Waals surface area (Å²) in [5.41, 5.74) is 8.25. The summed E-state index contributed by atoms with van der Waals surface area (Å²) < 4.78 is 0. The number of unbranched alkanes of at least 4 members (excludes halogenated alkanes) is 1. The molecule has 0 aliphatic rings. The molecule has 0 aromatic heterocycles. The second-order valence-electron chi connectivity index (χ2n) is 4.23. The topological polar surface area (TPSA) is 49.5 Å². The zero-order valence-corrected chi connectivity index (χ0v) is 12.2. The van der Waals surface area contributed by atoms with Crippen LogP contribution in [0.2, 0.25) is 0 Å². The first-order valence-corrected chi connectivity index (χ1v) is 7.72. The van der Waals surface area contributed by atoms with E-state index in [1.54, 1.807) is 11.8 Å². The van der Waals surface area contributed by atoms with Gasteiger partial charge in [0.1, 0.15) is 0 Å². The predicted molar refractivity (Wildman–Crippen MR) is 80.3 cm³/mol. The second-order valence-corrected chi connectivity index (χ2v) is 5.07. The highest BCUT2D eigenvalue weighted by atomic mass is 32.2. The summed E-state index contributed by atoms with van der Waals surface area (Å²) in [6, 6.07) is 6.27. The number of thioether (sulfide) groups is 1. The molecule has 1 aromatic carbocycles. The fourth-order valence-corrected chi connectivity index (χ4v) is 2.72. The molecule has 0 spiro atoms. The van der Waals surface area contributed by atoms with Crippen LogP contribution >= 0.6 is 11.8 Å². The molecule has 3 N–H and O–H groups in total. The molecule has 0 fully saturated rings. The van der Waals surface area contributed by atoms with Crippen molar-refractivity contribution < 1.29 is 5.11 Å². The Morgan fingerprint density at radius 1 is 1.33 bits per heavy atom. The standard InChI is InChI=1S/C14H24N2OS/c1-3-4-8-16(9-10-17)13-6-5-7-14(18-2)12(13)11-15/h5-7,17H,3-4,8-11,15H2,1-2H3. The van der Waals surface area contributed by atoms with Gasteiger partial charge in [0.2, 0.25) is 0 Å². The van der Waals surface area contributed by atoms with E-state index in [4.69, 9.17) is 5.73 Å². The molecule has 4 heteroatoms. The fraction of sp³-hybridized carbons (Fsp3) is 0.571. The first-order chi connectivity index (χ1) is 8.78. The Kier molecular flexibility index (Phi) is 7.16. The van der Waals surface area contributed by atoms with Crippen LogP contribution in [-0.2, 0) is 6.54 Å². The molecule has 0 atom stereocenters. The van der Waals surface area contributed by atoms with E-state index in [2.05, 4.69) is 36.3 Å². The van der Waals surface area contributed by atoms with E-state index in [9.17, 15) is 5.11 Å². The van der Waals surface area contributed by atoms with Gasteiger partial charge in [0.15, 0.2) is 0 Å². The van der Waals surface area contributed by atoms with Gasteiger partial charge in [0.05, 0.1) is 6.61 Å². The van der Waals surface area contributed by atoms with E-state index in [1.165, 1.54) is 16.1 Å². The van der Waals surface area contributed by atoms with Gasteiger partial charge < -0.3 is 15.7 Å². The Bertz CT molecular complexity index is 358. The van der Waals surface area contributed by atoms with E-state index < -0.39 is 0 Å². The monoisotopic (exact) mass is 268 g/mol. The van der Waals surface area contributed by atoms with Gasteiger partial charge in [-0.15, -0.1) is 11.8 Å². The van der Waals surface area contributed by atoms with E-state index in [-0.39, 0.29) is 6.61 Å². The SMILES string of the molecule is CCCCN(CCO)c1cccc(SC)c1CN. The molecule has 0 bridgehead atoms. The summed E-state index contributed by atoms with van der Waals surface area (Å²) in [7, 11) is 0. The molecule has 102 valence electrons. The quantitative estimate of drug-likeness (QED) is 0.711. The van der Waals surface area contributed by atoms with Crippen molar-refractivity contribution in [1.82, 2.24) is 0 Å². The van der Waals surface area contributed by atoms with Gasteiger partial charge in [-0.1, -0.05) is 19.4 Å². The second kappa shape index (κ2) is 8.40. The minimum atomic E-state index is 0.178. The number of aliphatic hydroxyl groups excluding tert-OH is 1. The van der Waals surface area contributed by atoms with Gasteiger partial charge in [0, 0.05) is 35.8 Å². The van der Waals surface area contributed by atoms with Crippen molar-refractivity contribution in [2.24, 2.45) is 5.73 Å². The van der Waals surface area contributed by atoms with Crippen molar-refractivity contribution in [2.75, 3.05) is 30.9 Å². The molecule has 0 radical (unpaired) electrons. The molecule has 18 heavy (non-hydrogen) atoms. The summed E-state index contributed by atoms with van der Waals surface area (Å²) >= 11 is 1.72. The number of nitrogens with zero attached hydrogens (tertiary/aromatic N) is 1. The fourth-order valence-electron chi connectivity index (χ4n) is 2.07. The van der Waals surface area contributed by atoms with Crippen molar-refractivity contribution in [3.05, 3.63) is 23.8 Å². The molecule has 3 nitrogen and oxygen atoms in total. The van der Waals surface area contributed by atoms with Gasteiger partial charge >= 0.3 is 0 Å². The number of aliphatic hydroxyl groups is 1. The third kappa shape index (κ3) is 3.90. The molecule has 0 saturated carbocycles.